The summed E-state index contributed by atoms with van der Waals surface area (Å²) in [7, 11) is 0. The van der Waals surface area contributed by atoms with Crippen molar-refractivity contribution < 1.29 is 0 Å². The van der Waals surface area contributed by atoms with Crippen molar-refractivity contribution in [2.75, 3.05) is 0 Å². The zero-order valence-electron chi connectivity index (χ0n) is 13.7. The highest BCUT2D eigenvalue weighted by Crippen LogP contribution is 2.31. The standard InChI is InChI=1S/C22H18N2.ClH/c1-3-7-17(8-4-1)18-11-13-20(14-12-18)22(21-15-23-16-24-21)19-9-5-2-6-10-19;/h1-16,22H,(H,23,24);1H. The summed E-state index contributed by atoms with van der Waals surface area (Å²) in [6, 6.07) is 29.8. The second-order valence-corrected chi connectivity index (χ2v) is 5.84. The molecule has 25 heavy (non-hydrogen) atoms. The van der Waals surface area contributed by atoms with Gasteiger partial charge in [0.1, 0.15) is 0 Å². The van der Waals surface area contributed by atoms with Crippen molar-refractivity contribution in [2.45, 2.75) is 5.92 Å². The Kier molecular flexibility index (Phi) is 5.32. The number of nitrogens with zero attached hydrogens (tertiary/aromatic N) is 1. The molecule has 0 spiro atoms. The maximum atomic E-state index is 4.20. The van der Waals surface area contributed by atoms with Crippen molar-refractivity contribution in [3.05, 3.63) is 114 Å². The molecule has 1 heterocycles. The van der Waals surface area contributed by atoms with Crippen molar-refractivity contribution in [3.8, 4) is 11.1 Å². The highest BCUT2D eigenvalue weighted by molar-refractivity contribution is 5.85. The summed E-state index contributed by atoms with van der Waals surface area (Å²) in [4.78, 5) is 7.47. The molecular formula is C22H19ClN2. The van der Waals surface area contributed by atoms with Crippen LogP contribution < -0.4 is 0 Å². The van der Waals surface area contributed by atoms with Gasteiger partial charge in [0, 0.05) is 11.9 Å². The lowest BCUT2D eigenvalue weighted by Gasteiger charge is -2.17. The number of hydrogen-bond donors (Lipinski definition) is 1. The first kappa shape index (κ1) is 17.0. The van der Waals surface area contributed by atoms with Crippen LogP contribution in [0.2, 0.25) is 0 Å². The lowest BCUT2D eigenvalue weighted by Crippen LogP contribution is -2.03. The van der Waals surface area contributed by atoms with Gasteiger partial charge in [0.25, 0.3) is 0 Å². The first-order valence-electron chi connectivity index (χ1n) is 8.10. The lowest BCUT2D eigenvalue weighted by molar-refractivity contribution is 0.933. The third kappa shape index (κ3) is 3.65. The smallest absolute Gasteiger partial charge is 0.0922 e. The third-order valence-corrected chi connectivity index (χ3v) is 4.31. The van der Waals surface area contributed by atoms with Crippen molar-refractivity contribution in [1.29, 1.82) is 0 Å². The molecule has 0 saturated carbocycles. The van der Waals surface area contributed by atoms with Gasteiger partial charge < -0.3 is 4.98 Å². The van der Waals surface area contributed by atoms with Crippen LogP contribution in [0.5, 0.6) is 0 Å². The highest BCUT2D eigenvalue weighted by atomic mass is 35.5. The van der Waals surface area contributed by atoms with E-state index in [9.17, 15) is 0 Å². The van der Waals surface area contributed by atoms with Gasteiger partial charge in [0.2, 0.25) is 0 Å². The van der Waals surface area contributed by atoms with E-state index < -0.39 is 0 Å². The molecule has 0 bridgehead atoms. The van der Waals surface area contributed by atoms with Gasteiger partial charge in [0.15, 0.2) is 0 Å². The van der Waals surface area contributed by atoms with Gasteiger partial charge in [-0.15, -0.1) is 12.4 Å². The monoisotopic (exact) mass is 346 g/mol. The average molecular weight is 347 g/mol. The van der Waals surface area contributed by atoms with Crippen molar-refractivity contribution in [3.63, 3.8) is 0 Å². The Morgan fingerprint density at radius 1 is 0.640 bits per heavy atom. The van der Waals surface area contributed by atoms with Crippen LogP contribution in [-0.2, 0) is 0 Å². The van der Waals surface area contributed by atoms with Gasteiger partial charge in [-0.3, -0.25) is 0 Å². The SMILES string of the molecule is Cl.c1ccc(-c2ccc(C(c3ccccc3)c3cnc[nH]3)cc2)cc1. The summed E-state index contributed by atoms with van der Waals surface area (Å²) in [5.41, 5.74) is 6.09. The van der Waals surface area contributed by atoms with E-state index in [0.29, 0.717) is 0 Å². The van der Waals surface area contributed by atoms with Crippen LogP contribution in [0.3, 0.4) is 0 Å². The molecule has 0 fully saturated rings. The fourth-order valence-corrected chi connectivity index (χ4v) is 3.12. The number of aromatic amines is 1. The Morgan fingerprint density at radius 3 is 1.80 bits per heavy atom. The van der Waals surface area contributed by atoms with Crippen LogP contribution in [-0.4, -0.2) is 9.97 Å². The number of hydrogen-bond acceptors (Lipinski definition) is 1. The maximum Gasteiger partial charge on any atom is 0.0922 e. The number of benzene rings is 3. The number of rotatable bonds is 4. The second-order valence-electron chi connectivity index (χ2n) is 5.84. The molecule has 4 rings (SSSR count). The zero-order valence-corrected chi connectivity index (χ0v) is 14.5. The lowest BCUT2D eigenvalue weighted by atomic mass is 9.88. The van der Waals surface area contributed by atoms with Crippen LogP contribution >= 0.6 is 12.4 Å². The molecule has 0 aliphatic heterocycles. The molecule has 3 aromatic carbocycles. The molecule has 4 aromatic rings. The molecule has 1 atom stereocenters. The number of imidazole rings is 1. The fourth-order valence-electron chi connectivity index (χ4n) is 3.12. The van der Waals surface area contributed by atoms with Gasteiger partial charge in [-0.1, -0.05) is 84.9 Å². The molecule has 1 N–H and O–H groups in total. The van der Waals surface area contributed by atoms with E-state index >= 15 is 0 Å². The molecule has 0 aliphatic rings. The normalized spacial score (nSPS) is 11.5. The van der Waals surface area contributed by atoms with E-state index in [2.05, 4.69) is 82.8 Å². The Labute approximate surface area is 154 Å². The Morgan fingerprint density at radius 2 is 1.20 bits per heavy atom. The Bertz CT molecular complexity index is 886. The van der Waals surface area contributed by atoms with Crippen LogP contribution in [0.4, 0.5) is 0 Å². The molecule has 0 radical (unpaired) electrons. The summed E-state index contributed by atoms with van der Waals surface area (Å²) >= 11 is 0. The molecule has 0 saturated heterocycles. The van der Waals surface area contributed by atoms with E-state index in [1.54, 1.807) is 6.33 Å². The van der Waals surface area contributed by atoms with Crippen LogP contribution in [0, 0.1) is 0 Å². The Hall–Kier alpha value is -2.84. The average Bonchev–Trinajstić information content (AvgIpc) is 3.18. The number of nitrogens with one attached hydrogen (secondary N) is 1. The third-order valence-electron chi connectivity index (χ3n) is 4.31. The fraction of sp³-hybridized carbons (Fsp3) is 0.0455. The quantitative estimate of drug-likeness (QED) is 0.506. The van der Waals surface area contributed by atoms with E-state index in [1.165, 1.54) is 22.3 Å². The van der Waals surface area contributed by atoms with E-state index in [0.717, 1.165) is 5.69 Å². The van der Waals surface area contributed by atoms with E-state index in [1.807, 2.05) is 18.3 Å². The molecule has 2 nitrogen and oxygen atoms in total. The first-order chi connectivity index (χ1) is 11.9. The number of halogens is 1. The maximum absolute atomic E-state index is 4.20. The predicted molar refractivity (Wildman–Crippen MR) is 105 cm³/mol. The summed E-state index contributed by atoms with van der Waals surface area (Å²) < 4.78 is 0. The molecule has 0 amide bonds. The van der Waals surface area contributed by atoms with Gasteiger partial charge in [-0.05, 0) is 22.3 Å². The van der Waals surface area contributed by atoms with E-state index in [4.69, 9.17) is 0 Å². The predicted octanol–water partition coefficient (Wildman–Crippen LogP) is 5.68. The molecular weight excluding hydrogens is 328 g/mol. The van der Waals surface area contributed by atoms with Gasteiger partial charge in [0.05, 0.1) is 12.2 Å². The van der Waals surface area contributed by atoms with E-state index in [-0.39, 0.29) is 18.3 Å². The van der Waals surface area contributed by atoms with Crippen LogP contribution in [0.15, 0.2) is 97.5 Å². The Balaban J connectivity index is 0.00000182. The van der Waals surface area contributed by atoms with Gasteiger partial charge >= 0.3 is 0 Å². The van der Waals surface area contributed by atoms with Crippen LogP contribution in [0.25, 0.3) is 11.1 Å². The zero-order chi connectivity index (χ0) is 16.2. The minimum absolute atomic E-state index is 0. The minimum Gasteiger partial charge on any atom is -0.348 e. The summed E-state index contributed by atoms with van der Waals surface area (Å²) in [5, 5.41) is 0. The van der Waals surface area contributed by atoms with Gasteiger partial charge in [-0.2, -0.15) is 0 Å². The first-order valence-corrected chi connectivity index (χ1v) is 8.10. The molecule has 1 unspecified atom stereocenters. The second kappa shape index (κ2) is 7.82. The van der Waals surface area contributed by atoms with Crippen molar-refractivity contribution >= 4 is 12.4 Å². The highest BCUT2D eigenvalue weighted by Gasteiger charge is 2.17. The topological polar surface area (TPSA) is 28.7 Å². The van der Waals surface area contributed by atoms with Crippen molar-refractivity contribution in [2.24, 2.45) is 0 Å². The number of aromatic nitrogens is 2. The molecule has 124 valence electrons. The summed E-state index contributed by atoms with van der Waals surface area (Å²) in [5.74, 6) is 0.165. The molecule has 1 aromatic heterocycles. The minimum atomic E-state index is 0. The van der Waals surface area contributed by atoms with Gasteiger partial charge in [-0.25, -0.2) is 4.98 Å². The molecule has 0 aliphatic carbocycles. The van der Waals surface area contributed by atoms with Crippen molar-refractivity contribution in [1.82, 2.24) is 9.97 Å². The molecule has 3 heteroatoms. The summed E-state index contributed by atoms with van der Waals surface area (Å²) in [6.07, 6.45) is 3.65. The number of H-pyrrole nitrogens is 1. The van der Waals surface area contributed by atoms with Crippen LogP contribution in [0.1, 0.15) is 22.7 Å². The largest absolute Gasteiger partial charge is 0.348 e. The summed E-state index contributed by atoms with van der Waals surface area (Å²) in [6.45, 7) is 0.